The number of halogens is 1. The molecule has 0 radical (unpaired) electrons. The standard InChI is InChI=1S/C14H22FN3O/c1-17(2)14(19)7-10-18(9-4-8-16)13-6-3-5-12(15)11-13/h3,5-6,11H,4,7-10,16H2,1-2H3. The van der Waals surface area contributed by atoms with Crippen molar-refractivity contribution in [1.82, 2.24) is 4.90 Å². The van der Waals surface area contributed by atoms with E-state index in [9.17, 15) is 9.18 Å². The first-order chi connectivity index (χ1) is 9.04. The Morgan fingerprint density at radius 1 is 1.32 bits per heavy atom. The third-order valence-corrected chi connectivity index (χ3v) is 2.90. The van der Waals surface area contributed by atoms with Crippen LogP contribution in [0.2, 0.25) is 0 Å². The lowest BCUT2D eigenvalue weighted by molar-refractivity contribution is -0.128. The molecule has 0 fully saturated rings. The summed E-state index contributed by atoms with van der Waals surface area (Å²) in [5.74, 6) is -0.205. The molecule has 4 nitrogen and oxygen atoms in total. The molecule has 0 unspecified atom stereocenters. The lowest BCUT2D eigenvalue weighted by Crippen LogP contribution is -2.31. The second-order valence-corrected chi connectivity index (χ2v) is 4.65. The van der Waals surface area contributed by atoms with Crippen molar-refractivity contribution in [2.45, 2.75) is 12.8 Å². The first kappa shape index (κ1) is 15.4. The summed E-state index contributed by atoms with van der Waals surface area (Å²) >= 11 is 0. The third kappa shape index (κ3) is 5.26. The number of anilines is 1. The molecule has 5 heteroatoms. The van der Waals surface area contributed by atoms with E-state index in [4.69, 9.17) is 5.73 Å². The molecule has 1 amide bonds. The van der Waals surface area contributed by atoms with Crippen molar-refractivity contribution in [2.24, 2.45) is 5.73 Å². The molecule has 0 bridgehead atoms. The molecule has 1 rings (SSSR count). The van der Waals surface area contributed by atoms with Gasteiger partial charge in [0.2, 0.25) is 5.91 Å². The molecule has 106 valence electrons. The summed E-state index contributed by atoms with van der Waals surface area (Å²) in [6.07, 6.45) is 1.22. The van der Waals surface area contributed by atoms with Crippen molar-refractivity contribution in [2.75, 3.05) is 38.6 Å². The Balaban J connectivity index is 2.69. The molecule has 0 saturated carbocycles. The first-order valence-corrected chi connectivity index (χ1v) is 6.45. The van der Waals surface area contributed by atoms with Gasteiger partial charge in [-0.25, -0.2) is 4.39 Å². The average Bonchev–Trinajstić information content (AvgIpc) is 2.38. The maximum Gasteiger partial charge on any atom is 0.223 e. The fourth-order valence-corrected chi connectivity index (χ4v) is 1.78. The van der Waals surface area contributed by atoms with Crippen LogP contribution in [-0.2, 0) is 4.79 Å². The maximum atomic E-state index is 13.3. The molecule has 0 aromatic heterocycles. The summed E-state index contributed by atoms with van der Waals surface area (Å²) < 4.78 is 13.3. The van der Waals surface area contributed by atoms with Gasteiger partial charge in [0, 0.05) is 39.3 Å². The summed E-state index contributed by atoms with van der Waals surface area (Å²) in [4.78, 5) is 15.2. The number of amides is 1. The van der Waals surface area contributed by atoms with E-state index < -0.39 is 0 Å². The van der Waals surface area contributed by atoms with Gasteiger partial charge in [-0.05, 0) is 31.2 Å². The minimum atomic E-state index is -0.269. The van der Waals surface area contributed by atoms with E-state index in [0.717, 1.165) is 18.7 Å². The molecule has 2 N–H and O–H groups in total. The summed E-state index contributed by atoms with van der Waals surface area (Å²) in [5, 5.41) is 0. The van der Waals surface area contributed by atoms with Gasteiger partial charge >= 0.3 is 0 Å². The molecule has 0 aliphatic carbocycles. The van der Waals surface area contributed by atoms with Gasteiger partial charge in [-0.1, -0.05) is 6.07 Å². The minimum absolute atomic E-state index is 0.0640. The maximum absolute atomic E-state index is 13.3. The topological polar surface area (TPSA) is 49.6 Å². The molecule has 1 aromatic carbocycles. The van der Waals surface area contributed by atoms with Crippen LogP contribution in [0.5, 0.6) is 0 Å². The van der Waals surface area contributed by atoms with Crippen LogP contribution in [0, 0.1) is 5.82 Å². The van der Waals surface area contributed by atoms with Crippen molar-refractivity contribution in [3.63, 3.8) is 0 Å². The number of hydrogen-bond donors (Lipinski definition) is 1. The van der Waals surface area contributed by atoms with E-state index >= 15 is 0 Å². The summed E-state index contributed by atoms with van der Waals surface area (Å²) in [6.45, 7) is 1.87. The predicted octanol–water partition coefficient (Wildman–Crippen LogP) is 1.46. The lowest BCUT2D eigenvalue weighted by atomic mass is 10.2. The SMILES string of the molecule is CN(C)C(=O)CCN(CCCN)c1cccc(F)c1. The number of rotatable bonds is 7. The smallest absolute Gasteiger partial charge is 0.223 e. The van der Waals surface area contributed by atoms with E-state index in [1.165, 1.54) is 12.1 Å². The highest BCUT2D eigenvalue weighted by atomic mass is 19.1. The molecule has 0 aliphatic heterocycles. The molecule has 0 saturated heterocycles. The van der Waals surface area contributed by atoms with Crippen LogP contribution in [0.25, 0.3) is 0 Å². The Hall–Kier alpha value is -1.62. The monoisotopic (exact) mass is 267 g/mol. The van der Waals surface area contributed by atoms with Crippen LogP contribution in [-0.4, -0.2) is 44.5 Å². The van der Waals surface area contributed by atoms with Gasteiger partial charge in [0.05, 0.1) is 0 Å². The Morgan fingerprint density at radius 2 is 2.05 bits per heavy atom. The van der Waals surface area contributed by atoms with Crippen molar-refractivity contribution < 1.29 is 9.18 Å². The van der Waals surface area contributed by atoms with E-state index in [0.29, 0.717) is 19.5 Å². The number of carbonyl (C=O) groups excluding carboxylic acids is 1. The van der Waals surface area contributed by atoms with Gasteiger partial charge < -0.3 is 15.5 Å². The minimum Gasteiger partial charge on any atom is -0.371 e. The largest absolute Gasteiger partial charge is 0.371 e. The number of benzene rings is 1. The quantitative estimate of drug-likeness (QED) is 0.813. The molecule has 0 aliphatic rings. The van der Waals surface area contributed by atoms with Gasteiger partial charge in [-0.15, -0.1) is 0 Å². The van der Waals surface area contributed by atoms with Crippen molar-refractivity contribution in [3.8, 4) is 0 Å². The highest BCUT2D eigenvalue weighted by Crippen LogP contribution is 2.16. The predicted molar refractivity (Wildman–Crippen MR) is 75.6 cm³/mol. The summed E-state index contributed by atoms with van der Waals surface area (Å²) in [7, 11) is 3.46. The molecule has 0 spiro atoms. The normalized spacial score (nSPS) is 10.3. The van der Waals surface area contributed by atoms with Crippen LogP contribution in [0.15, 0.2) is 24.3 Å². The van der Waals surface area contributed by atoms with Crippen LogP contribution >= 0.6 is 0 Å². The average molecular weight is 267 g/mol. The Kier molecular flexibility index (Phi) is 6.29. The van der Waals surface area contributed by atoms with Crippen molar-refractivity contribution in [1.29, 1.82) is 0 Å². The second-order valence-electron chi connectivity index (χ2n) is 4.65. The molecule has 0 atom stereocenters. The fourth-order valence-electron chi connectivity index (χ4n) is 1.78. The van der Waals surface area contributed by atoms with E-state index in [1.54, 1.807) is 25.1 Å². The fraction of sp³-hybridized carbons (Fsp3) is 0.500. The summed E-state index contributed by atoms with van der Waals surface area (Å²) in [5.41, 5.74) is 6.30. The number of hydrogen-bond acceptors (Lipinski definition) is 3. The zero-order valence-electron chi connectivity index (χ0n) is 11.6. The van der Waals surface area contributed by atoms with Crippen LogP contribution in [0.1, 0.15) is 12.8 Å². The number of nitrogens with zero attached hydrogens (tertiary/aromatic N) is 2. The highest BCUT2D eigenvalue weighted by Gasteiger charge is 2.10. The van der Waals surface area contributed by atoms with Gasteiger partial charge in [0.25, 0.3) is 0 Å². The van der Waals surface area contributed by atoms with Crippen LogP contribution < -0.4 is 10.6 Å². The van der Waals surface area contributed by atoms with E-state index in [2.05, 4.69) is 0 Å². The van der Waals surface area contributed by atoms with Crippen molar-refractivity contribution in [3.05, 3.63) is 30.1 Å². The van der Waals surface area contributed by atoms with Gasteiger partial charge in [-0.3, -0.25) is 4.79 Å². The zero-order valence-corrected chi connectivity index (χ0v) is 11.6. The van der Waals surface area contributed by atoms with Crippen LogP contribution in [0.3, 0.4) is 0 Å². The molecular weight excluding hydrogens is 245 g/mol. The Bertz CT molecular complexity index is 409. The Morgan fingerprint density at radius 3 is 2.63 bits per heavy atom. The van der Waals surface area contributed by atoms with Gasteiger partial charge in [0.1, 0.15) is 5.82 Å². The van der Waals surface area contributed by atoms with E-state index in [1.807, 2.05) is 11.0 Å². The Labute approximate surface area is 114 Å². The number of nitrogens with two attached hydrogens (primary N) is 1. The van der Waals surface area contributed by atoms with Crippen LogP contribution in [0.4, 0.5) is 10.1 Å². The van der Waals surface area contributed by atoms with E-state index in [-0.39, 0.29) is 11.7 Å². The van der Waals surface area contributed by atoms with Gasteiger partial charge in [-0.2, -0.15) is 0 Å². The van der Waals surface area contributed by atoms with Crippen molar-refractivity contribution >= 4 is 11.6 Å². The molecule has 19 heavy (non-hydrogen) atoms. The van der Waals surface area contributed by atoms with Gasteiger partial charge in [0.15, 0.2) is 0 Å². The molecular formula is C14H22FN3O. The summed E-state index contributed by atoms with van der Waals surface area (Å²) in [6, 6.07) is 6.42. The third-order valence-electron chi connectivity index (χ3n) is 2.90. The second kappa shape index (κ2) is 7.74. The first-order valence-electron chi connectivity index (χ1n) is 6.45. The molecule has 0 heterocycles. The molecule has 1 aromatic rings. The zero-order chi connectivity index (χ0) is 14.3. The number of carbonyl (C=O) groups is 1. The lowest BCUT2D eigenvalue weighted by Gasteiger charge is -2.25. The highest BCUT2D eigenvalue weighted by molar-refractivity contribution is 5.76.